The van der Waals surface area contributed by atoms with Crippen LogP contribution in [0.2, 0.25) is 0 Å². The molecule has 1 aromatic carbocycles. The Balaban J connectivity index is 1.65. The molecule has 25 heavy (non-hydrogen) atoms. The van der Waals surface area contributed by atoms with Crippen LogP contribution in [0.15, 0.2) is 41.8 Å². The summed E-state index contributed by atoms with van der Waals surface area (Å²) in [5.74, 6) is 0.857. The van der Waals surface area contributed by atoms with Crippen LogP contribution in [-0.4, -0.2) is 33.9 Å². The van der Waals surface area contributed by atoms with E-state index in [0.29, 0.717) is 0 Å². The van der Waals surface area contributed by atoms with Gasteiger partial charge in [0.25, 0.3) is 0 Å². The zero-order chi connectivity index (χ0) is 17.7. The lowest BCUT2D eigenvalue weighted by Gasteiger charge is -2.21. The maximum absolute atomic E-state index is 12.3. The second-order valence-corrected chi connectivity index (χ2v) is 6.96. The van der Waals surface area contributed by atoms with Gasteiger partial charge in [0, 0.05) is 18.5 Å². The van der Waals surface area contributed by atoms with Gasteiger partial charge in [0.15, 0.2) is 5.16 Å². The summed E-state index contributed by atoms with van der Waals surface area (Å²) < 4.78 is 7.17. The van der Waals surface area contributed by atoms with E-state index in [9.17, 15) is 10.1 Å². The molecular weight excluding hydrogens is 336 g/mol. The van der Waals surface area contributed by atoms with Crippen molar-refractivity contribution in [2.75, 3.05) is 12.9 Å². The number of benzene rings is 1. The quantitative estimate of drug-likeness (QED) is 0.805. The average Bonchev–Trinajstić information content (AvgIpc) is 3.30. The molecule has 0 radical (unpaired) electrons. The fraction of sp³-hybridized carbons (Fsp3) is 0.389. The first-order valence-corrected chi connectivity index (χ1v) is 9.17. The van der Waals surface area contributed by atoms with Crippen molar-refractivity contribution in [3.63, 3.8) is 0 Å². The fourth-order valence-electron chi connectivity index (χ4n) is 3.03. The average molecular weight is 356 g/mol. The van der Waals surface area contributed by atoms with Crippen molar-refractivity contribution in [3.05, 3.63) is 36.7 Å². The lowest BCUT2D eigenvalue weighted by molar-refractivity contribution is -0.119. The highest BCUT2D eigenvalue weighted by Crippen LogP contribution is 2.29. The van der Waals surface area contributed by atoms with Crippen LogP contribution in [0.1, 0.15) is 25.7 Å². The van der Waals surface area contributed by atoms with E-state index in [1.165, 1.54) is 11.8 Å². The van der Waals surface area contributed by atoms with Gasteiger partial charge < -0.3 is 10.1 Å². The Bertz CT molecular complexity index is 790. The Morgan fingerprint density at radius 2 is 2.28 bits per heavy atom. The molecule has 1 saturated carbocycles. The summed E-state index contributed by atoms with van der Waals surface area (Å²) in [5.41, 5.74) is 0.240. The van der Waals surface area contributed by atoms with Gasteiger partial charge in [-0.3, -0.25) is 9.36 Å². The molecule has 1 fully saturated rings. The summed E-state index contributed by atoms with van der Waals surface area (Å²) in [5, 5.41) is 13.0. The molecule has 6 nitrogen and oxygen atoms in total. The van der Waals surface area contributed by atoms with Gasteiger partial charge in [-0.25, -0.2) is 4.98 Å². The van der Waals surface area contributed by atoms with Crippen LogP contribution in [0.4, 0.5) is 0 Å². The minimum Gasteiger partial charge on any atom is -0.497 e. The summed E-state index contributed by atoms with van der Waals surface area (Å²) in [7, 11) is 1.63. The molecule has 1 amide bonds. The first-order valence-electron chi connectivity index (χ1n) is 8.19. The molecule has 0 bridgehead atoms. The summed E-state index contributed by atoms with van der Waals surface area (Å²) in [6.45, 7) is 0. The smallest absolute Gasteiger partial charge is 0.231 e. The Morgan fingerprint density at radius 3 is 3.00 bits per heavy atom. The number of methoxy groups -OCH3 is 1. The number of rotatable bonds is 6. The van der Waals surface area contributed by atoms with Crippen LogP contribution in [0.3, 0.4) is 0 Å². The molecule has 0 saturated heterocycles. The largest absolute Gasteiger partial charge is 0.497 e. The molecule has 0 aliphatic heterocycles. The predicted octanol–water partition coefficient (Wildman–Crippen LogP) is 2.93. The number of thioether (sulfide) groups is 1. The highest BCUT2D eigenvalue weighted by Gasteiger charge is 2.35. The van der Waals surface area contributed by atoms with E-state index in [0.717, 1.165) is 42.3 Å². The van der Waals surface area contributed by atoms with Gasteiger partial charge in [-0.15, -0.1) is 0 Å². The molecule has 1 aliphatic rings. The van der Waals surface area contributed by atoms with Gasteiger partial charge >= 0.3 is 0 Å². The third-order valence-electron chi connectivity index (χ3n) is 4.32. The van der Waals surface area contributed by atoms with E-state index >= 15 is 0 Å². The number of nitrogens with one attached hydrogen (secondary N) is 1. The van der Waals surface area contributed by atoms with Gasteiger partial charge in [-0.1, -0.05) is 17.8 Å². The van der Waals surface area contributed by atoms with Crippen LogP contribution in [0.25, 0.3) is 5.69 Å². The number of ether oxygens (including phenoxy) is 1. The summed E-state index contributed by atoms with van der Waals surface area (Å²) in [6, 6.07) is 9.93. The second kappa shape index (κ2) is 7.62. The van der Waals surface area contributed by atoms with Crippen molar-refractivity contribution in [2.45, 2.75) is 36.4 Å². The molecule has 130 valence electrons. The van der Waals surface area contributed by atoms with Gasteiger partial charge in [0.2, 0.25) is 5.91 Å². The second-order valence-electron chi connectivity index (χ2n) is 6.02. The van der Waals surface area contributed by atoms with E-state index in [1.54, 1.807) is 13.3 Å². The molecule has 0 unspecified atom stereocenters. The SMILES string of the molecule is COc1cccc(-n2ccnc2SCC(=O)NC2(C#N)CCCC2)c1. The molecule has 3 rings (SSSR count). The van der Waals surface area contributed by atoms with Gasteiger partial charge in [0.05, 0.1) is 24.6 Å². The predicted molar refractivity (Wildman–Crippen MR) is 95.8 cm³/mol. The molecule has 7 heteroatoms. The Hall–Kier alpha value is -2.46. The van der Waals surface area contributed by atoms with E-state index in [1.807, 2.05) is 35.0 Å². The normalized spacial score (nSPS) is 15.5. The lowest BCUT2D eigenvalue weighted by atomic mass is 10.0. The molecule has 0 spiro atoms. The standard InChI is InChI=1S/C18H20N4O2S/c1-24-15-6-4-5-14(11-15)22-10-9-20-17(22)25-12-16(23)21-18(13-19)7-2-3-8-18/h4-6,9-11H,2-3,7-8,12H2,1H3,(H,21,23). The monoisotopic (exact) mass is 356 g/mol. The Kier molecular flexibility index (Phi) is 5.29. The molecule has 2 aromatic rings. The van der Waals surface area contributed by atoms with E-state index in [4.69, 9.17) is 4.74 Å². The van der Waals surface area contributed by atoms with E-state index in [2.05, 4.69) is 16.4 Å². The zero-order valence-corrected chi connectivity index (χ0v) is 14.9. The van der Waals surface area contributed by atoms with Crippen molar-refractivity contribution in [3.8, 4) is 17.5 Å². The van der Waals surface area contributed by atoms with Crippen molar-refractivity contribution < 1.29 is 9.53 Å². The number of hydrogen-bond donors (Lipinski definition) is 1. The van der Waals surface area contributed by atoms with Gasteiger partial charge in [0.1, 0.15) is 11.3 Å². The molecular formula is C18H20N4O2S. The first kappa shape index (κ1) is 17.4. The number of hydrogen-bond acceptors (Lipinski definition) is 5. The maximum Gasteiger partial charge on any atom is 0.231 e. The third kappa shape index (κ3) is 3.97. The number of aromatic nitrogens is 2. The number of amides is 1. The van der Waals surface area contributed by atoms with Gasteiger partial charge in [-0.05, 0) is 37.8 Å². The van der Waals surface area contributed by atoms with Crippen LogP contribution in [0.5, 0.6) is 5.75 Å². The summed E-state index contributed by atoms with van der Waals surface area (Å²) in [6.07, 6.45) is 7.00. The molecule has 1 N–H and O–H groups in total. The number of nitrogens with zero attached hydrogens (tertiary/aromatic N) is 3. The number of carbonyl (C=O) groups excluding carboxylic acids is 1. The lowest BCUT2D eigenvalue weighted by Crippen LogP contribution is -2.45. The summed E-state index contributed by atoms with van der Waals surface area (Å²) >= 11 is 1.35. The third-order valence-corrected chi connectivity index (χ3v) is 5.29. The molecule has 1 aliphatic carbocycles. The van der Waals surface area contributed by atoms with Crippen molar-refractivity contribution >= 4 is 17.7 Å². The highest BCUT2D eigenvalue weighted by molar-refractivity contribution is 7.99. The summed E-state index contributed by atoms with van der Waals surface area (Å²) in [4.78, 5) is 16.6. The highest BCUT2D eigenvalue weighted by atomic mass is 32.2. The number of nitriles is 1. The van der Waals surface area contributed by atoms with Crippen LogP contribution >= 0.6 is 11.8 Å². The van der Waals surface area contributed by atoms with Crippen LogP contribution < -0.4 is 10.1 Å². The topological polar surface area (TPSA) is 79.9 Å². The Labute approximate surface area is 151 Å². The number of imidazole rings is 1. The molecule has 0 atom stereocenters. The zero-order valence-electron chi connectivity index (χ0n) is 14.1. The minimum atomic E-state index is -0.681. The molecule has 1 aromatic heterocycles. The number of carbonyl (C=O) groups is 1. The van der Waals surface area contributed by atoms with Crippen LogP contribution in [0, 0.1) is 11.3 Å². The van der Waals surface area contributed by atoms with Crippen molar-refractivity contribution in [2.24, 2.45) is 0 Å². The Morgan fingerprint density at radius 1 is 1.48 bits per heavy atom. The maximum atomic E-state index is 12.3. The minimum absolute atomic E-state index is 0.131. The van der Waals surface area contributed by atoms with Crippen LogP contribution in [-0.2, 0) is 4.79 Å². The van der Waals surface area contributed by atoms with E-state index < -0.39 is 5.54 Å². The van der Waals surface area contributed by atoms with Crippen molar-refractivity contribution in [1.82, 2.24) is 14.9 Å². The van der Waals surface area contributed by atoms with Gasteiger partial charge in [-0.2, -0.15) is 5.26 Å². The fourth-order valence-corrected chi connectivity index (χ4v) is 3.80. The van der Waals surface area contributed by atoms with E-state index in [-0.39, 0.29) is 11.7 Å². The van der Waals surface area contributed by atoms with Crippen molar-refractivity contribution in [1.29, 1.82) is 5.26 Å². The first-order chi connectivity index (χ1) is 12.2. The molecule has 1 heterocycles.